The fourth-order valence-corrected chi connectivity index (χ4v) is 2.63. The van der Waals surface area contributed by atoms with Crippen LogP contribution in [0.3, 0.4) is 0 Å². The number of anilines is 2. The van der Waals surface area contributed by atoms with E-state index in [-0.39, 0.29) is 0 Å². The number of hydrogen-bond donors (Lipinski definition) is 3. The monoisotopic (exact) mass is 311 g/mol. The maximum atomic E-state index is 5.58. The zero-order valence-corrected chi connectivity index (χ0v) is 12.9. The number of nitrogens with one attached hydrogen (secondary N) is 1. The molecule has 0 atom stereocenters. The minimum atomic E-state index is 0.564. The van der Waals surface area contributed by atoms with E-state index >= 15 is 0 Å². The lowest BCUT2D eigenvalue weighted by Crippen LogP contribution is -2.15. The van der Waals surface area contributed by atoms with Gasteiger partial charge in [0.25, 0.3) is 0 Å². The molecule has 4 rings (SSSR count). The zero-order chi connectivity index (χ0) is 16.1. The number of nitrogens with zero attached hydrogens (tertiary/aromatic N) is 2. The predicted molar refractivity (Wildman–Crippen MR) is 91.9 cm³/mol. The van der Waals surface area contributed by atoms with Crippen LogP contribution in [-0.2, 0) is 4.74 Å². The lowest BCUT2D eigenvalue weighted by Gasteiger charge is -2.21. The highest BCUT2D eigenvalue weighted by Crippen LogP contribution is 2.25. The molecule has 6 heteroatoms. The van der Waals surface area contributed by atoms with E-state index in [2.05, 4.69) is 15.0 Å². The molecular weight excluding hydrogens is 290 g/mol. The van der Waals surface area contributed by atoms with Crippen molar-refractivity contribution in [3.05, 3.63) is 48.5 Å². The van der Waals surface area contributed by atoms with E-state index in [1.165, 1.54) is 0 Å². The number of aromatic amines is 1. The number of fused-ring (bicyclic) bond motifs is 1. The van der Waals surface area contributed by atoms with E-state index in [4.69, 9.17) is 16.2 Å². The number of rotatable bonds is 1. The molecular formula is C17H21N5O. The number of nitrogens with two attached hydrogens (primary N) is 2. The summed E-state index contributed by atoms with van der Waals surface area (Å²) in [5, 5.41) is 0. The van der Waals surface area contributed by atoms with Gasteiger partial charge < -0.3 is 21.2 Å². The third-order valence-electron chi connectivity index (χ3n) is 3.91. The predicted octanol–water partition coefficient (Wildman–Crippen LogP) is 2.70. The van der Waals surface area contributed by atoms with Crippen LogP contribution in [0.2, 0.25) is 0 Å². The maximum Gasteiger partial charge on any atom is 0.111 e. The summed E-state index contributed by atoms with van der Waals surface area (Å²) >= 11 is 0. The summed E-state index contributed by atoms with van der Waals surface area (Å²) < 4.78 is 5.29. The van der Waals surface area contributed by atoms with E-state index in [1.807, 2.05) is 24.3 Å². The minimum Gasteiger partial charge on any atom is -0.397 e. The molecule has 1 fully saturated rings. The van der Waals surface area contributed by atoms with Crippen molar-refractivity contribution in [3.8, 4) is 0 Å². The van der Waals surface area contributed by atoms with Gasteiger partial charge in [-0.1, -0.05) is 0 Å². The Morgan fingerprint density at radius 3 is 2.61 bits per heavy atom. The largest absolute Gasteiger partial charge is 0.397 e. The van der Waals surface area contributed by atoms with Gasteiger partial charge in [0.05, 0.1) is 23.1 Å². The van der Waals surface area contributed by atoms with Crippen molar-refractivity contribution in [2.45, 2.75) is 18.8 Å². The van der Waals surface area contributed by atoms with Gasteiger partial charge in [-0.05, 0) is 37.1 Å². The molecule has 5 N–H and O–H groups in total. The molecule has 1 saturated heterocycles. The summed E-state index contributed by atoms with van der Waals surface area (Å²) in [6, 6.07) is 7.75. The van der Waals surface area contributed by atoms with Crippen LogP contribution in [-0.4, -0.2) is 28.2 Å². The Labute approximate surface area is 134 Å². The second-order valence-electron chi connectivity index (χ2n) is 5.55. The number of hydrogen-bond acceptors (Lipinski definition) is 5. The molecule has 0 aliphatic carbocycles. The number of aromatic nitrogens is 3. The molecule has 0 bridgehead atoms. The fraction of sp³-hybridized carbons (Fsp3) is 0.294. The summed E-state index contributed by atoms with van der Waals surface area (Å²) in [4.78, 5) is 11.4. The molecule has 1 aliphatic heterocycles. The highest BCUT2D eigenvalue weighted by atomic mass is 16.5. The molecule has 0 unspecified atom stereocenters. The molecule has 120 valence electrons. The fourth-order valence-electron chi connectivity index (χ4n) is 2.63. The van der Waals surface area contributed by atoms with Gasteiger partial charge in [-0.25, -0.2) is 0 Å². The van der Waals surface area contributed by atoms with Crippen molar-refractivity contribution in [2.75, 3.05) is 24.7 Å². The Kier molecular flexibility index (Phi) is 4.73. The third kappa shape index (κ3) is 3.78. The Morgan fingerprint density at radius 1 is 1.09 bits per heavy atom. The van der Waals surface area contributed by atoms with Crippen LogP contribution in [0.15, 0.2) is 42.9 Å². The van der Waals surface area contributed by atoms with Crippen LogP contribution in [0.4, 0.5) is 11.4 Å². The Hall–Kier alpha value is -2.60. The van der Waals surface area contributed by atoms with Crippen molar-refractivity contribution in [2.24, 2.45) is 0 Å². The minimum absolute atomic E-state index is 0.564. The van der Waals surface area contributed by atoms with Crippen molar-refractivity contribution in [3.63, 3.8) is 0 Å². The van der Waals surface area contributed by atoms with E-state index < -0.39 is 0 Å². The van der Waals surface area contributed by atoms with Crippen molar-refractivity contribution < 1.29 is 4.74 Å². The Bertz CT molecular complexity index is 747. The van der Waals surface area contributed by atoms with Gasteiger partial charge in [-0.2, -0.15) is 0 Å². The summed E-state index contributed by atoms with van der Waals surface area (Å²) in [7, 11) is 0. The van der Waals surface area contributed by atoms with Crippen molar-refractivity contribution in [1.29, 1.82) is 0 Å². The van der Waals surface area contributed by atoms with Crippen LogP contribution in [0, 0.1) is 0 Å². The SMILES string of the molecule is Nc1c[nH]c2cccnc12.Nc1ccc(C2CCOCC2)nc1. The van der Waals surface area contributed by atoms with Gasteiger partial charge in [0.15, 0.2) is 0 Å². The second kappa shape index (κ2) is 7.11. The first-order valence-corrected chi connectivity index (χ1v) is 7.71. The normalized spacial score (nSPS) is 15.1. The topological polar surface area (TPSA) is 103 Å². The molecule has 4 heterocycles. The lowest BCUT2D eigenvalue weighted by molar-refractivity contribution is 0.0845. The van der Waals surface area contributed by atoms with Crippen LogP contribution >= 0.6 is 0 Å². The number of nitrogen functional groups attached to an aromatic ring is 2. The molecule has 23 heavy (non-hydrogen) atoms. The molecule has 3 aromatic heterocycles. The molecule has 6 nitrogen and oxygen atoms in total. The van der Waals surface area contributed by atoms with Gasteiger partial charge in [-0.15, -0.1) is 0 Å². The van der Waals surface area contributed by atoms with E-state index in [0.717, 1.165) is 48.5 Å². The van der Waals surface area contributed by atoms with E-state index in [9.17, 15) is 0 Å². The first kappa shape index (κ1) is 15.3. The van der Waals surface area contributed by atoms with Gasteiger partial charge in [0.2, 0.25) is 0 Å². The number of pyridine rings is 2. The first-order chi connectivity index (χ1) is 11.2. The molecule has 0 radical (unpaired) electrons. The smallest absolute Gasteiger partial charge is 0.111 e. The lowest BCUT2D eigenvalue weighted by atomic mass is 9.96. The van der Waals surface area contributed by atoms with E-state index in [1.54, 1.807) is 18.6 Å². The van der Waals surface area contributed by atoms with Crippen LogP contribution in [0.25, 0.3) is 11.0 Å². The van der Waals surface area contributed by atoms with Crippen LogP contribution in [0.5, 0.6) is 0 Å². The van der Waals surface area contributed by atoms with Gasteiger partial charge >= 0.3 is 0 Å². The maximum absolute atomic E-state index is 5.58. The molecule has 0 amide bonds. The van der Waals surface area contributed by atoms with Gasteiger partial charge in [0.1, 0.15) is 5.52 Å². The Balaban J connectivity index is 0.000000140. The number of H-pyrrole nitrogens is 1. The quantitative estimate of drug-likeness (QED) is 0.641. The van der Waals surface area contributed by atoms with Crippen LogP contribution in [0.1, 0.15) is 24.5 Å². The second-order valence-corrected chi connectivity index (χ2v) is 5.55. The molecule has 3 aromatic rings. The average Bonchev–Trinajstić information content (AvgIpc) is 2.99. The summed E-state index contributed by atoms with van der Waals surface area (Å²) in [6.07, 6.45) is 7.36. The summed E-state index contributed by atoms with van der Waals surface area (Å²) in [6.45, 7) is 1.72. The summed E-state index contributed by atoms with van der Waals surface area (Å²) in [5.74, 6) is 0.564. The Morgan fingerprint density at radius 2 is 1.91 bits per heavy atom. The highest BCUT2D eigenvalue weighted by molar-refractivity contribution is 5.86. The molecule has 0 aromatic carbocycles. The zero-order valence-electron chi connectivity index (χ0n) is 12.9. The van der Waals surface area contributed by atoms with Gasteiger partial charge in [-0.3, -0.25) is 9.97 Å². The van der Waals surface area contributed by atoms with Crippen molar-refractivity contribution in [1.82, 2.24) is 15.0 Å². The molecule has 0 spiro atoms. The van der Waals surface area contributed by atoms with Crippen molar-refractivity contribution >= 4 is 22.4 Å². The van der Waals surface area contributed by atoms with Gasteiger partial charge in [0, 0.05) is 37.2 Å². The summed E-state index contributed by atoms with van der Waals surface area (Å²) in [5.41, 5.74) is 15.6. The first-order valence-electron chi connectivity index (χ1n) is 7.71. The highest BCUT2D eigenvalue weighted by Gasteiger charge is 2.16. The molecule has 1 aliphatic rings. The molecule has 0 saturated carbocycles. The average molecular weight is 311 g/mol. The third-order valence-corrected chi connectivity index (χ3v) is 3.91. The van der Waals surface area contributed by atoms with Crippen LogP contribution < -0.4 is 11.5 Å². The standard InChI is InChI=1S/C10H14N2O.C7H7N3/c11-9-1-2-10(12-7-9)8-3-5-13-6-4-8;8-5-4-10-6-2-1-3-9-7(5)6/h1-2,7-8H,3-6,11H2;1-4,10H,8H2. The van der Waals surface area contributed by atoms with E-state index in [0.29, 0.717) is 11.6 Å². The number of ether oxygens (including phenoxy) is 1.